The number of esters is 2. The quantitative estimate of drug-likeness (QED) is 0.169. The van der Waals surface area contributed by atoms with Crippen LogP contribution < -0.4 is 15.2 Å². The zero-order chi connectivity index (χ0) is 32.4. The zero-order valence-corrected chi connectivity index (χ0v) is 25.9. The van der Waals surface area contributed by atoms with Gasteiger partial charge in [-0.1, -0.05) is 26.0 Å². The first-order valence-corrected chi connectivity index (χ1v) is 15.0. The predicted octanol–water partition coefficient (Wildman–Crippen LogP) is 3.37. The lowest BCUT2D eigenvalue weighted by atomic mass is 9.97. The lowest BCUT2D eigenvalue weighted by Crippen LogP contribution is -2.36. The topological polar surface area (TPSA) is 193 Å². The van der Waals surface area contributed by atoms with E-state index in [1.54, 1.807) is 39.8 Å². The first-order valence-electron chi connectivity index (χ1n) is 13.5. The summed E-state index contributed by atoms with van der Waals surface area (Å²) in [6.07, 6.45) is -1.66. The third-order valence-electron chi connectivity index (χ3n) is 5.74. The van der Waals surface area contributed by atoms with Crippen molar-refractivity contribution in [1.82, 2.24) is 4.72 Å². The third-order valence-corrected chi connectivity index (χ3v) is 7.23. The minimum Gasteiger partial charge on any atom is -0.507 e. The number of aliphatic imine (C=N–C) groups is 1. The SMILES string of the molecule is CCOC(=O)COc1cc(C(C)C)ccc1CCNS(=O)(=O)c1cc(C=NC(=O)OC(N)OC(=O)C(C)(C)C)ccc1O. The van der Waals surface area contributed by atoms with Crippen molar-refractivity contribution < 1.29 is 46.9 Å². The van der Waals surface area contributed by atoms with Crippen LogP contribution in [0.15, 0.2) is 46.3 Å². The molecule has 2 rings (SSSR count). The fourth-order valence-electron chi connectivity index (χ4n) is 3.40. The molecule has 14 heteroatoms. The van der Waals surface area contributed by atoms with E-state index >= 15 is 0 Å². The van der Waals surface area contributed by atoms with E-state index in [4.69, 9.17) is 24.7 Å². The Balaban J connectivity index is 2.09. The molecule has 0 saturated heterocycles. The van der Waals surface area contributed by atoms with E-state index in [1.807, 2.05) is 19.9 Å². The van der Waals surface area contributed by atoms with Gasteiger partial charge in [0.15, 0.2) is 6.61 Å². The molecule has 13 nitrogen and oxygen atoms in total. The van der Waals surface area contributed by atoms with E-state index in [2.05, 4.69) is 9.71 Å². The maximum absolute atomic E-state index is 13.0. The van der Waals surface area contributed by atoms with E-state index < -0.39 is 50.5 Å². The van der Waals surface area contributed by atoms with Crippen LogP contribution in [0.2, 0.25) is 0 Å². The van der Waals surface area contributed by atoms with Crippen molar-refractivity contribution in [3.05, 3.63) is 53.1 Å². The number of nitrogens with two attached hydrogens (primary N) is 1. The summed E-state index contributed by atoms with van der Waals surface area (Å²) in [5, 5.41) is 10.2. The Morgan fingerprint density at radius 2 is 1.79 bits per heavy atom. The number of carbonyl (C=O) groups excluding carboxylic acids is 3. The number of rotatable bonds is 13. The van der Waals surface area contributed by atoms with Gasteiger partial charge in [0, 0.05) is 12.8 Å². The van der Waals surface area contributed by atoms with Crippen LogP contribution in [-0.4, -0.2) is 63.9 Å². The summed E-state index contributed by atoms with van der Waals surface area (Å²) in [5.41, 5.74) is 6.41. The van der Waals surface area contributed by atoms with Gasteiger partial charge in [-0.25, -0.2) is 22.7 Å². The Morgan fingerprint density at radius 1 is 1.09 bits per heavy atom. The van der Waals surface area contributed by atoms with Crippen LogP contribution in [0, 0.1) is 5.41 Å². The highest BCUT2D eigenvalue weighted by atomic mass is 32.2. The maximum atomic E-state index is 13.0. The minimum absolute atomic E-state index is 0.0611. The molecule has 2 aromatic rings. The lowest BCUT2D eigenvalue weighted by Gasteiger charge is -2.19. The molecule has 1 atom stereocenters. The molecule has 0 aliphatic rings. The van der Waals surface area contributed by atoms with Crippen molar-refractivity contribution in [3.8, 4) is 11.5 Å². The number of amides is 1. The summed E-state index contributed by atoms with van der Waals surface area (Å²) < 4.78 is 48.6. The first-order chi connectivity index (χ1) is 20.0. The van der Waals surface area contributed by atoms with Gasteiger partial charge in [0.25, 0.3) is 0 Å². The summed E-state index contributed by atoms with van der Waals surface area (Å²) in [4.78, 5) is 38.7. The molecule has 0 aliphatic heterocycles. The highest BCUT2D eigenvalue weighted by Gasteiger charge is 2.26. The summed E-state index contributed by atoms with van der Waals surface area (Å²) >= 11 is 0. The van der Waals surface area contributed by atoms with Gasteiger partial charge in [-0.3, -0.25) is 10.5 Å². The fraction of sp³-hybridized carbons (Fsp3) is 0.448. The molecule has 0 fully saturated rings. The summed E-state index contributed by atoms with van der Waals surface area (Å²) in [5.74, 6) is -1.11. The Bertz CT molecular complexity index is 1430. The van der Waals surface area contributed by atoms with Crippen LogP contribution in [0.25, 0.3) is 0 Å². The molecule has 0 spiro atoms. The van der Waals surface area contributed by atoms with E-state index in [0.29, 0.717) is 11.3 Å². The van der Waals surface area contributed by atoms with Crippen molar-refractivity contribution in [1.29, 1.82) is 0 Å². The normalized spacial score (nSPS) is 12.7. The number of ether oxygens (including phenoxy) is 4. The van der Waals surface area contributed by atoms with Gasteiger partial charge in [0.2, 0.25) is 10.0 Å². The Morgan fingerprint density at radius 3 is 2.42 bits per heavy atom. The number of hydrogen-bond donors (Lipinski definition) is 3. The Kier molecular flexibility index (Phi) is 12.6. The first kappa shape index (κ1) is 35.2. The number of hydrogen-bond acceptors (Lipinski definition) is 11. The number of nitrogens with one attached hydrogen (secondary N) is 1. The predicted molar refractivity (Wildman–Crippen MR) is 157 cm³/mol. The largest absolute Gasteiger partial charge is 0.507 e. The van der Waals surface area contributed by atoms with Gasteiger partial charge < -0.3 is 24.1 Å². The molecule has 0 radical (unpaired) electrons. The molecule has 2 aromatic carbocycles. The maximum Gasteiger partial charge on any atom is 0.437 e. The van der Waals surface area contributed by atoms with E-state index in [0.717, 1.165) is 23.9 Å². The van der Waals surface area contributed by atoms with Crippen LogP contribution in [0.1, 0.15) is 64.2 Å². The van der Waals surface area contributed by atoms with Crippen LogP contribution >= 0.6 is 0 Å². The fourth-order valence-corrected chi connectivity index (χ4v) is 4.56. The number of sulfonamides is 1. The molecule has 0 bridgehead atoms. The van der Waals surface area contributed by atoms with Gasteiger partial charge in [-0.2, -0.15) is 4.99 Å². The van der Waals surface area contributed by atoms with E-state index in [1.165, 1.54) is 6.07 Å². The molecule has 43 heavy (non-hydrogen) atoms. The van der Waals surface area contributed by atoms with Crippen molar-refractivity contribution in [2.24, 2.45) is 16.1 Å². The molecule has 0 saturated carbocycles. The second-order valence-corrected chi connectivity index (χ2v) is 12.4. The Hall–Kier alpha value is -4.01. The number of benzene rings is 2. The van der Waals surface area contributed by atoms with Gasteiger partial charge in [0.1, 0.15) is 16.4 Å². The van der Waals surface area contributed by atoms with Gasteiger partial charge in [0.05, 0.1) is 12.0 Å². The van der Waals surface area contributed by atoms with Gasteiger partial charge >= 0.3 is 24.4 Å². The number of nitrogens with zero attached hydrogens (tertiary/aromatic N) is 1. The molecule has 0 heterocycles. The standard InChI is InChI=1S/C29H39N3O10S/c1-7-39-25(34)17-40-23-15-21(18(2)3)10-9-20(23)12-13-32-43(37,38)24-14-19(8-11-22(24)33)16-31-28(36)42-27(30)41-26(35)29(4,5)6/h8-11,14-16,18,27,32-33H,7,12-13,17,30H2,1-6H3. The van der Waals surface area contributed by atoms with Crippen molar-refractivity contribution in [2.75, 3.05) is 19.8 Å². The monoisotopic (exact) mass is 621 g/mol. The van der Waals surface area contributed by atoms with Crippen LogP contribution in [0.4, 0.5) is 4.79 Å². The second-order valence-electron chi connectivity index (χ2n) is 10.7. The highest BCUT2D eigenvalue weighted by molar-refractivity contribution is 7.89. The minimum atomic E-state index is -4.21. The summed E-state index contributed by atoms with van der Waals surface area (Å²) in [7, 11) is -4.21. The molecule has 1 amide bonds. The van der Waals surface area contributed by atoms with Gasteiger partial charge in [-0.15, -0.1) is 0 Å². The van der Waals surface area contributed by atoms with Crippen LogP contribution in [-0.2, 0) is 40.2 Å². The molecular weight excluding hydrogens is 582 g/mol. The van der Waals surface area contributed by atoms with E-state index in [-0.39, 0.29) is 37.7 Å². The van der Waals surface area contributed by atoms with Crippen LogP contribution in [0.5, 0.6) is 11.5 Å². The van der Waals surface area contributed by atoms with Gasteiger partial charge in [-0.05, 0) is 81.0 Å². The van der Waals surface area contributed by atoms with Crippen molar-refractivity contribution in [3.63, 3.8) is 0 Å². The molecular formula is C29H39N3O10S. The molecule has 0 aliphatic carbocycles. The summed E-state index contributed by atoms with van der Waals surface area (Å²) in [6.45, 7) is 10.3. The van der Waals surface area contributed by atoms with Crippen molar-refractivity contribution >= 4 is 34.3 Å². The average molecular weight is 622 g/mol. The molecule has 1 unspecified atom stereocenters. The molecule has 4 N–H and O–H groups in total. The number of phenols is 1. The number of phenolic OH excluding ortho intramolecular Hbond substituents is 1. The number of aromatic hydroxyl groups is 1. The third kappa shape index (κ3) is 11.3. The smallest absolute Gasteiger partial charge is 0.437 e. The average Bonchev–Trinajstić information content (AvgIpc) is 2.91. The lowest BCUT2D eigenvalue weighted by molar-refractivity contribution is -0.175. The Labute approximate surface area is 251 Å². The van der Waals surface area contributed by atoms with E-state index in [9.17, 15) is 27.9 Å². The second kappa shape index (κ2) is 15.5. The number of carbonyl (C=O) groups is 3. The van der Waals surface area contributed by atoms with Crippen LogP contribution in [0.3, 0.4) is 0 Å². The summed E-state index contributed by atoms with van der Waals surface area (Å²) in [6, 6.07) is 9.06. The highest BCUT2D eigenvalue weighted by Crippen LogP contribution is 2.27. The molecule has 236 valence electrons. The van der Waals surface area contributed by atoms with Crippen molar-refractivity contribution in [2.45, 2.75) is 65.2 Å². The molecule has 0 aromatic heterocycles. The zero-order valence-electron chi connectivity index (χ0n) is 25.1.